The Morgan fingerprint density at radius 2 is 1.72 bits per heavy atom. The fourth-order valence-corrected chi connectivity index (χ4v) is 10.2. The third-order valence-electron chi connectivity index (χ3n) is 13.7. The Morgan fingerprint density at radius 3 is 2.40 bits per heavy atom. The number of hydrazine groups is 1. The molecule has 67 heavy (non-hydrogen) atoms. The largest absolute Gasteiger partial charge is 0.508 e. The molecule has 3 fully saturated rings. The predicted molar refractivity (Wildman–Crippen MR) is 256 cm³/mol. The van der Waals surface area contributed by atoms with Crippen LogP contribution in [0.3, 0.4) is 0 Å². The molecule has 4 aromatic rings. The summed E-state index contributed by atoms with van der Waals surface area (Å²) in [6.45, 7) is 17.6. The van der Waals surface area contributed by atoms with E-state index in [-0.39, 0.29) is 55.1 Å². The molecule has 16 nitrogen and oxygen atoms in total. The first-order valence-electron chi connectivity index (χ1n) is 24.0. The molecule has 4 atom stereocenters. The van der Waals surface area contributed by atoms with Crippen LogP contribution in [0, 0.1) is 11.3 Å². The summed E-state index contributed by atoms with van der Waals surface area (Å²) >= 11 is 0. The van der Waals surface area contributed by atoms with Gasteiger partial charge < -0.3 is 39.7 Å². The van der Waals surface area contributed by atoms with Crippen molar-refractivity contribution in [1.29, 1.82) is 0 Å². The number of ether oxygens (including phenoxy) is 1. The first-order chi connectivity index (χ1) is 31.9. The number of aryl methyl sites for hydroxylation is 1. The van der Waals surface area contributed by atoms with Gasteiger partial charge in [-0.05, 0) is 96.7 Å². The smallest absolute Gasteiger partial charge is 0.324 e. The molecule has 5 amide bonds. The van der Waals surface area contributed by atoms with Gasteiger partial charge in [0.25, 0.3) is 5.91 Å². The van der Waals surface area contributed by atoms with Crippen molar-refractivity contribution in [3.8, 4) is 28.1 Å². The van der Waals surface area contributed by atoms with E-state index in [0.717, 1.165) is 44.5 Å². The molecule has 8 rings (SSSR count). The Morgan fingerprint density at radius 1 is 0.985 bits per heavy atom. The summed E-state index contributed by atoms with van der Waals surface area (Å²) in [6.07, 6.45) is 3.39. The van der Waals surface area contributed by atoms with E-state index < -0.39 is 41.3 Å². The zero-order valence-electron chi connectivity index (χ0n) is 40.2. The number of benzene rings is 2. The lowest BCUT2D eigenvalue weighted by atomic mass is 9.83. The van der Waals surface area contributed by atoms with Crippen LogP contribution in [0.15, 0.2) is 54.7 Å². The van der Waals surface area contributed by atoms with Gasteiger partial charge in [0.2, 0.25) is 11.8 Å². The highest BCUT2D eigenvalue weighted by molar-refractivity contribution is 5.96. The van der Waals surface area contributed by atoms with Crippen LogP contribution in [0.2, 0.25) is 0 Å². The fraction of sp³-hybridized carbons (Fsp3) is 0.529. The van der Waals surface area contributed by atoms with Gasteiger partial charge in [-0.15, -0.1) is 0 Å². The standard InChI is InChI=1S/C51H67N9O7/c1-9-59-42-15-14-33-26-37(42)38(45(59)36-12-10-16-52-43(36)30(2)3)27-51(6,7)29-67-49(65)39-13-11-17-60(55-39)48(64)40(24-32-22-34(33)25-35(61)23-32)54-46(62)44(31(4)5)56(8)50(66)58-20-18-57(19-21-58)47(63)41-28-53-41/h10,12,14-16,22-23,25-26,30-31,39-41,44,53,55,61H,9,11,13,17-21,24,27-29H2,1-8H3,(H,54,62)/t39-,40-,41-,44-/m0/s1. The third kappa shape index (κ3) is 10.0. The summed E-state index contributed by atoms with van der Waals surface area (Å²) in [4.78, 5) is 79.6. The molecule has 4 aliphatic heterocycles. The Labute approximate surface area is 393 Å². The predicted octanol–water partition coefficient (Wildman–Crippen LogP) is 5.06. The lowest BCUT2D eigenvalue weighted by molar-refractivity contribution is -0.155. The molecule has 4 aliphatic rings. The highest BCUT2D eigenvalue weighted by Crippen LogP contribution is 2.42. The lowest BCUT2D eigenvalue weighted by Crippen LogP contribution is -2.63. The van der Waals surface area contributed by atoms with Crippen molar-refractivity contribution in [1.82, 2.24) is 45.3 Å². The molecule has 0 saturated carbocycles. The van der Waals surface area contributed by atoms with Crippen molar-refractivity contribution in [3.63, 3.8) is 0 Å². The van der Waals surface area contributed by atoms with Gasteiger partial charge in [-0.2, -0.15) is 0 Å². The second-order valence-electron chi connectivity index (χ2n) is 20.2. The van der Waals surface area contributed by atoms with Gasteiger partial charge in [-0.1, -0.05) is 53.7 Å². The Bertz CT molecular complexity index is 2540. The van der Waals surface area contributed by atoms with Gasteiger partial charge in [-0.3, -0.25) is 29.2 Å². The fourth-order valence-electron chi connectivity index (χ4n) is 10.2. The number of nitrogens with zero attached hydrogens (tertiary/aromatic N) is 6. The molecule has 2 aromatic heterocycles. The number of fused-ring (bicyclic) bond motifs is 6. The number of aromatic nitrogens is 2. The molecule has 6 heterocycles. The normalized spacial score (nSPS) is 21.5. The van der Waals surface area contributed by atoms with Crippen LogP contribution in [0.25, 0.3) is 33.3 Å². The van der Waals surface area contributed by atoms with E-state index in [4.69, 9.17) is 9.72 Å². The van der Waals surface area contributed by atoms with E-state index in [1.165, 1.54) is 9.91 Å². The number of nitrogens with one attached hydrogen (secondary N) is 3. The minimum Gasteiger partial charge on any atom is -0.508 e. The van der Waals surface area contributed by atoms with Crippen molar-refractivity contribution in [2.45, 2.75) is 111 Å². The highest BCUT2D eigenvalue weighted by Gasteiger charge is 2.40. The maximum Gasteiger partial charge on any atom is 0.324 e. The molecule has 358 valence electrons. The maximum absolute atomic E-state index is 14.7. The molecule has 4 N–H and O–H groups in total. The van der Waals surface area contributed by atoms with Gasteiger partial charge in [0.15, 0.2) is 0 Å². The topological polar surface area (TPSA) is 192 Å². The number of hydrogen-bond acceptors (Lipinski definition) is 10. The number of amides is 5. The van der Waals surface area contributed by atoms with Gasteiger partial charge in [0.05, 0.1) is 24.0 Å². The average Bonchev–Trinajstić information content (AvgIpc) is 4.12. The number of likely N-dealkylation sites (N-methyl/N-ethyl adjacent to an activating group) is 1. The first kappa shape index (κ1) is 47.5. The van der Waals surface area contributed by atoms with E-state index >= 15 is 0 Å². The summed E-state index contributed by atoms with van der Waals surface area (Å²) in [5.74, 6) is -1.57. The number of esters is 1. The number of carbonyl (C=O) groups excluding carboxylic acids is 5. The molecule has 0 radical (unpaired) electrons. The number of piperazine rings is 1. The van der Waals surface area contributed by atoms with Crippen LogP contribution < -0.4 is 16.1 Å². The quantitative estimate of drug-likeness (QED) is 0.137. The minimum atomic E-state index is -1.15. The molecule has 3 saturated heterocycles. The van der Waals surface area contributed by atoms with Gasteiger partial charge in [-0.25, -0.2) is 10.2 Å². The zero-order chi connectivity index (χ0) is 47.9. The van der Waals surface area contributed by atoms with Crippen LogP contribution in [0.4, 0.5) is 4.79 Å². The number of phenols is 1. The molecule has 0 aliphatic carbocycles. The van der Waals surface area contributed by atoms with Gasteiger partial charge in [0, 0.05) is 87.4 Å². The second kappa shape index (κ2) is 19.3. The molecule has 16 heteroatoms. The number of pyridine rings is 1. The summed E-state index contributed by atoms with van der Waals surface area (Å²) in [5.41, 5.74) is 10.1. The Kier molecular flexibility index (Phi) is 13.7. The zero-order valence-corrected chi connectivity index (χ0v) is 40.2. The lowest BCUT2D eigenvalue weighted by Gasteiger charge is -2.40. The van der Waals surface area contributed by atoms with Crippen molar-refractivity contribution in [2.24, 2.45) is 11.3 Å². The van der Waals surface area contributed by atoms with Crippen LogP contribution in [0.1, 0.15) is 84.0 Å². The van der Waals surface area contributed by atoms with Crippen molar-refractivity contribution in [3.05, 3.63) is 71.5 Å². The number of rotatable bonds is 8. The minimum absolute atomic E-state index is 0.00382. The summed E-state index contributed by atoms with van der Waals surface area (Å²) in [7, 11) is 1.59. The van der Waals surface area contributed by atoms with Crippen LogP contribution in [0.5, 0.6) is 5.75 Å². The van der Waals surface area contributed by atoms with E-state index in [2.05, 4.69) is 73.4 Å². The van der Waals surface area contributed by atoms with Crippen LogP contribution >= 0.6 is 0 Å². The Hall–Kier alpha value is -6.00. The van der Waals surface area contributed by atoms with E-state index in [1.54, 1.807) is 29.0 Å². The van der Waals surface area contributed by atoms with Gasteiger partial charge >= 0.3 is 12.0 Å². The molecule has 0 spiro atoms. The molecular formula is C51H67N9O7. The highest BCUT2D eigenvalue weighted by atomic mass is 16.5. The van der Waals surface area contributed by atoms with E-state index in [1.807, 2.05) is 38.2 Å². The number of urea groups is 1. The molecular weight excluding hydrogens is 851 g/mol. The molecule has 2 aromatic carbocycles. The maximum atomic E-state index is 14.7. The van der Waals surface area contributed by atoms with E-state index in [0.29, 0.717) is 64.1 Å². The average molecular weight is 918 g/mol. The monoisotopic (exact) mass is 918 g/mol. The SMILES string of the molecule is CCn1c(-c2cccnc2C(C)C)c2c3cc(ccc31)-c1cc(O)cc(c1)C[C@H](NC(=O)[C@H](C(C)C)N(C)C(=O)N1CCN(C(=O)[C@@H]3CN3)CC1)C(=O)N1CCC[C@H](N1)C(=O)OCC(C)(C)C2. The molecule has 6 bridgehead atoms. The Balaban J connectivity index is 1.16. The van der Waals surface area contributed by atoms with Crippen molar-refractivity contribution < 1.29 is 33.8 Å². The first-order valence-corrected chi connectivity index (χ1v) is 24.0. The van der Waals surface area contributed by atoms with Crippen molar-refractivity contribution in [2.75, 3.05) is 52.9 Å². The molecule has 0 unspecified atom stereocenters. The van der Waals surface area contributed by atoms with Gasteiger partial charge in [0.1, 0.15) is 23.9 Å². The van der Waals surface area contributed by atoms with Crippen LogP contribution in [-0.2, 0) is 43.3 Å². The number of phenolic OH excluding ortho intramolecular Hbond substituents is 1. The number of aromatic hydroxyl groups is 1. The summed E-state index contributed by atoms with van der Waals surface area (Å²) < 4.78 is 8.45. The number of hydrogen-bond donors (Lipinski definition) is 4. The third-order valence-corrected chi connectivity index (χ3v) is 13.7. The van der Waals surface area contributed by atoms with Crippen LogP contribution in [-0.4, -0.2) is 141 Å². The summed E-state index contributed by atoms with van der Waals surface area (Å²) in [5, 5.41) is 19.8. The number of cyclic esters (lactones) is 1. The number of carbonyl (C=O) groups is 5. The van der Waals surface area contributed by atoms with E-state index in [9.17, 15) is 29.1 Å². The summed E-state index contributed by atoms with van der Waals surface area (Å²) in [6, 6.07) is 12.3. The second-order valence-corrected chi connectivity index (χ2v) is 20.2. The van der Waals surface area contributed by atoms with Crippen molar-refractivity contribution >= 4 is 40.6 Å².